The van der Waals surface area contributed by atoms with Crippen molar-refractivity contribution in [3.8, 4) is 0 Å². The number of primary amides is 2. The van der Waals surface area contributed by atoms with Crippen molar-refractivity contribution in [3.05, 3.63) is 0 Å². The van der Waals surface area contributed by atoms with Crippen molar-refractivity contribution < 1.29 is 17.9 Å². The Morgan fingerprint density at radius 3 is 1.20 bits per heavy atom. The Labute approximate surface area is 91.8 Å². The van der Waals surface area contributed by atoms with Gasteiger partial charge in [0.1, 0.15) is 0 Å². The average Bonchev–Trinajstić information content (AvgIpc) is 2.02. The molecule has 0 aliphatic heterocycles. The Balaban J connectivity index is 5.50. The maximum Gasteiger partial charge on any atom is 0.532 e. The van der Waals surface area contributed by atoms with Crippen LogP contribution < -0.4 is 11.5 Å². The summed E-state index contributed by atoms with van der Waals surface area (Å²) in [5.74, 6) is 0. The molecule has 0 fully saturated rings. The minimum Gasteiger partial charge on any atom is -0.320 e. The fraction of sp³-hybridized carbons (Fsp3) is 0.750. The monoisotopic (exact) mass is 234 g/mol. The topological polar surface area (TPSA) is 86.2 Å². The quantitative estimate of drug-likeness (QED) is 0.659. The van der Waals surface area contributed by atoms with E-state index < -0.39 is 20.5 Å². The van der Waals surface area contributed by atoms with Crippen molar-refractivity contribution in [1.82, 2.24) is 0 Å². The number of carbonyl (C=O) groups excluding carboxylic acids is 2. The van der Waals surface area contributed by atoms with Gasteiger partial charge >= 0.3 is 20.5 Å². The fourth-order valence-electron chi connectivity index (χ4n) is 1.16. The summed E-state index contributed by atoms with van der Waals surface area (Å²) < 4.78 is 0.0336. The first-order valence-corrected chi connectivity index (χ1v) is 7.56. The minimum atomic E-state index is -2.36. The summed E-state index contributed by atoms with van der Waals surface area (Å²) in [5, 5.41) is 0. The van der Waals surface area contributed by atoms with Gasteiger partial charge in [0.25, 0.3) is 0 Å². The molecule has 7 heteroatoms. The molecule has 0 saturated carbocycles. The van der Waals surface area contributed by atoms with Gasteiger partial charge in [-0.15, -0.1) is 0 Å². The third-order valence-corrected chi connectivity index (χ3v) is 9.75. The molecule has 0 heterocycles. The second-order valence-corrected chi connectivity index (χ2v) is 10.3. The van der Waals surface area contributed by atoms with E-state index in [0.717, 1.165) is 0 Å². The van der Waals surface area contributed by atoms with Gasteiger partial charge in [-0.2, -0.15) is 0 Å². The zero-order valence-electron chi connectivity index (χ0n) is 10.4. The molecule has 0 bridgehead atoms. The highest BCUT2D eigenvalue weighted by Gasteiger charge is 2.63. The van der Waals surface area contributed by atoms with Crippen LogP contribution in [0.3, 0.4) is 0 Å². The van der Waals surface area contributed by atoms with Gasteiger partial charge in [0.2, 0.25) is 0 Å². The number of hydrogen-bond donors (Lipinski definition) is 2. The van der Waals surface area contributed by atoms with Gasteiger partial charge in [0.15, 0.2) is 0 Å². The molecular weight excluding hydrogens is 212 g/mol. The van der Waals surface area contributed by atoms with Crippen LogP contribution in [-0.4, -0.2) is 56.9 Å². The second kappa shape index (κ2) is 3.58. The summed E-state index contributed by atoms with van der Waals surface area (Å²) in [6.07, 6.45) is 0. The standard InChI is InChI=1S/C8H20N4O2Si/c1-11(2,7(9)13)15(5,6)12(3,4)8(10)14/h1-6H3,(H2-2,9,10,13,14)/p+2. The first-order valence-electron chi connectivity index (χ1n) is 4.67. The Morgan fingerprint density at radius 2 is 1.07 bits per heavy atom. The number of carbonyl (C=O) groups is 2. The Hall–Kier alpha value is -0.923. The van der Waals surface area contributed by atoms with E-state index in [4.69, 9.17) is 11.5 Å². The molecule has 0 saturated heterocycles. The largest absolute Gasteiger partial charge is 0.532 e. The van der Waals surface area contributed by atoms with Crippen LogP contribution in [0.5, 0.6) is 0 Å². The average molecular weight is 234 g/mol. The molecule has 0 aliphatic carbocycles. The van der Waals surface area contributed by atoms with E-state index in [0.29, 0.717) is 0 Å². The van der Waals surface area contributed by atoms with E-state index in [9.17, 15) is 9.59 Å². The number of quaternary nitrogens is 2. The molecule has 0 rings (SSSR count). The maximum absolute atomic E-state index is 11.4. The van der Waals surface area contributed by atoms with Gasteiger partial charge in [-0.1, -0.05) is 0 Å². The predicted octanol–water partition coefficient (Wildman–Crippen LogP) is -0.00160. The highest BCUT2D eigenvalue weighted by Crippen LogP contribution is 2.24. The number of rotatable bonds is 2. The molecule has 0 aromatic carbocycles. The van der Waals surface area contributed by atoms with E-state index in [-0.39, 0.29) is 8.30 Å². The highest BCUT2D eigenvalue weighted by atomic mass is 28.3. The van der Waals surface area contributed by atoms with Crippen LogP contribution in [-0.2, 0) is 0 Å². The molecule has 4 N–H and O–H groups in total. The molecule has 0 unspecified atom stereocenters. The lowest BCUT2D eigenvalue weighted by molar-refractivity contribution is -0.826. The van der Waals surface area contributed by atoms with Crippen LogP contribution in [0, 0.1) is 0 Å². The van der Waals surface area contributed by atoms with Gasteiger partial charge in [-0.05, 0) is 0 Å². The molecular formula is C8H22N4O2Si+2. The molecule has 0 atom stereocenters. The third-order valence-electron chi connectivity index (χ3n) is 3.84. The molecule has 88 valence electrons. The lowest BCUT2D eigenvalue weighted by Gasteiger charge is -2.44. The van der Waals surface area contributed by atoms with Gasteiger partial charge in [0.05, 0.1) is 28.2 Å². The van der Waals surface area contributed by atoms with Crippen LogP contribution in [0.1, 0.15) is 0 Å². The van der Waals surface area contributed by atoms with Crippen LogP contribution in [0.2, 0.25) is 13.1 Å². The van der Waals surface area contributed by atoms with Gasteiger partial charge in [-0.3, -0.25) is 8.30 Å². The van der Waals surface area contributed by atoms with E-state index in [1.165, 1.54) is 0 Å². The Kier molecular flexibility index (Phi) is 3.36. The molecule has 4 amide bonds. The molecule has 6 nitrogen and oxygen atoms in total. The first-order chi connectivity index (χ1) is 6.39. The highest BCUT2D eigenvalue weighted by molar-refractivity contribution is 6.65. The minimum absolute atomic E-state index is 0.0168. The number of nitrogens with two attached hydrogens (primary N) is 2. The predicted molar refractivity (Wildman–Crippen MR) is 60.9 cm³/mol. The van der Waals surface area contributed by atoms with Crippen molar-refractivity contribution >= 4 is 20.5 Å². The van der Waals surface area contributed by atoms with E-state index >= 15 is 0 Å². The fourth-order valence-corrected chi connectivity index (χ4v) is 3.49. The smallest absolute Gasteiger partial charge is 0.320 e. The number of hydrogen-bond acceptors (Lipinski definition) is 2. The molecule has 0 aromatic rings. The normalized spacial score (nSPS) is 13.7. The van der Waals surface area contributed by atoms with Crippen LogP contribution >= 0.6 is 0 Å². The van der Waals surface area contributed by atoms with Crippen LogP contribution in [0.4, 0.5) is 9.59 Å². The zero-order chi connectivity index (χ0) is 12.7. The van der Waals surface area contributed by atoms with Crippen molar-refractivity contribution in [2.24, 2.45) is 11.5 Å². The van der Waals surface area contributed by atoms with Gasteiger partial charge in [0, 0.05) is 13.1 Å². The first kappa shape index (κ1) is 14.1. The van der Waals surface area contributed by atoms with Crippen LogP contribution in [0.25, 0.3) is 0 Å². The van der Waals surface area contributed by atoms with E-state index in [1.54, 1.807) is 28.2 Å². The number of nitrogens with zero attached hydrogens (tertiary/aromatic N) is 2. The Bertz CT molecular complexity index is 271. The zero-order valence-corrected chi connectivity index (χ0v) is 11.4. The number of urea groups is 2. The van der Waals surface area contributed by atoms with Crippen molar-refractivity contribution in [2.75, 3.05) is 28.2 Å². The Morgan fingerprint density at radius 1 is 0.867 bits per heavy atom. The summed E-state index contributed by atoms with van der Waals surface area (Å²) >= 11 is 0. The molecule has 15 heavy (non-hydrogen) atoms. The van der Waals surface area contributed by atoms with Crippen molar-refractivity contribution in [2.45, 2.75) is 13.1 Å². The maximum atomic E-state index is 11.4. The third kappa shape index (κ3) is 1.90. The lowest BCUT2D eigenvalue weighted by Crippen LogP contribution is -2.80. The molecule has 0 aliphatic rings. The summed E-state index contributed by atoms with van der Waals surface area (Å²) in [4.78, 5) is 22.8. The lowest BCUT2D eigenvalue weighted by atomic mass is 10.8. The number of amides is 4. The van der Waals surface area contributed by atoms with Crippen molar-refractivity contribution in [1.29, 1.82) is 0 Å². The summed E-state index contributed by atoms with van der Waals surface area (Å²) in [7, 11) is 4.52. The van der Waals surface area contributed by atoms with Crippen molar-refractivity contribution in [3.63, 3.8) is 0 Å². The molecule has 0 radical (unpaired) electrons. The van der Waals surface area contributed by atoms with Crippen LogP contribution in [0.15, 0.2) is 0 Å². The van der Waals surface area contributed by atoms with Gasteiger partial charge in [-0.25, -0.2) is 9.59 Å². The SMILES string of the molecule is C[N+](C)(C(N)=O)[Si](C)(C)[N+](C)(C)C(N)=O. The van der Waals surface area contributed by atoms with E-state index in [1.807, 2.05) is 13.1 Å². The summed E-state index contributed by atoms with van der Waals surface area (Å²) in [6, 6.07) is -0.891. The molecule has 0 spiro atoms. The summed E-state index contributed by atoms with van der Waals surface area (Å²) in [5.41, 5.74) is 10.7. The van der Waals surface area contributed by atoms with E-state index in [2.05, 4.69) is 0 Å². The second-order valence-electron chi connectivity index (χ2n) is 5.08. The summed E-state index contributed by atoms with van der Waals surface area (Å²) in [6.45, 7) is 3.84. The van der Waals surface area contributed by atoms with Gasteiger partial charge < -0.3 is 11.5 Å². The molecule has 0 aromatic heterocycles.